The van der Waals surface area contributed by atoms with Crippen molar-refractivity contribution in [2.75, 3.05) is 26.8 Å². The van der Waals surface area contributed by atoms with Gasteiger partial charge in [-0.15, -0.1) is 6.58 Å². The fraction of sp³-hybridized carbons (Fsp3) is 0.800. The Bertz CT molecular complexity index is 275. The second-order valence-corrected chi connectivity index (χ2v) is 5.76. The minimum absolute atomic E-state index is 0.0571. The number of allylic oxidation sites excluding steroid dienone is 1. The molecule has 20 heavy (non-hydrogen) atoms. The van der Waals surface area contributed by atoms with Crippen molar-refractivity contribution in [2.24, 2.45) is 0 Å². The zero-order valence-corrected chi connectivity index (χ0v) is 13.3. The highest BCUT2D eigenvalue weighted by Gasteiger charge is 2.19. The Kier molecular flexibility index (Phi) is 10.1. The monoisotopic (exact) mass is 286 g/mol. The average molecular weight is 286 g/mol. The van der Waals surface area contributed by atoms with Gasteiger partial charge in [0.2, 0.25) is 0 Å². The maximum absolute atomic E-state index is 11.8. The Balaban J connectivity index is 4.14. The number of amides is 1. The lowest BCUT2D eigenvalue weighted by atomic mass is 10.1. The number of unbranched alkanes of at least 4 members (excludes halogenated alkanes) is 1. The van der Waals surface area contributed by atoms with Crippen molar-refractivity contribution in [1.82, 2.24) is 10.6 Å². The number of alkyl carbamates (subject to hydrolysis) is 1. The molecule has 0 aromatic rings. The van der Waals surface area contributed by atoms with Crippen LogP contribution in [0.3, 0.4) is 0 Å². The van der Waals surface area contributed by atoms with E-state index in [-0.39, 0.29) is 12.1 Å². The summed E-state index contributed by atoms with van der Waals surface area (Å²) in [5, 5.41) is 6.17. The molecule has 0 saturated heterocycles. The van der Waals surface area contributed by atoms with Crippen molar-refractivity contribution in [2.45, 2.75) is 51.7 Å². The summed E-state index contributed by atoms with van der Waals surface area (Å²) in [4.78, 5) is 11.8. The Hall–Kier alpha value is -1.07. The molecule has 1 amide bonds. The molecule has 5 nitrogen and oxygen atoms in total. The lowest BCUT2D eigenvalue weighted by molar-refractivity contribution is 0.0500. The van der Waals surface area contributed by atoms with Crippen molar-refractivity contribution in [3.8, 4) is 0 Å². The summed E-state index contributed by atoms with van der Waals surface area (Å²) in [7, 11) is 1.67. The van der Waals surface area contributed by atoms with Crippen LogP contribution in [0, 0.1) is 0 Å². The summed E-state index contributed by atoms with van der Waals surface area (Å²) < 4.78 is 10.3. The summed E-state index contributed by atoms with van der Waals surface area (Å²) in [5.41, 5.74) is -0.473. The van der Waals surface area contributed by atoms with Crippen LogP contribution in [0.2, 0.25) is 0 Å². The van der Waals surface area contributed by atoms with E-state index in [2.05, 4.69) is 17.2 Å². The first-order chi connectivity index (χ1) is 9.39. The number of ether oxygens (including phenoxy) is 2. The van der Waals surface area contributed by atoms with E-state index in [9.17, 15) is 4.79 Å². The molecule has 0 radical (unpaired) electrons. The van der Waals surface area contributed by atoms with E-state index in [1.54, 1.807) is 7.11 Å². The highest BCUT2D eigenvalue weighted by Crippen LogP contribution is 2.08. The molecule has 5 heteroatoms. The lowest BCUT2D eigenvalue weighted by Gasteiger charge is -2.24. The summed E-state index contributed by atoms with van der Waals surface area (Å²) in [6.07, 6.45) is 4.36. The first kappa shape index (κ1) is 18.9. The molecular formula is C15H30N2O3. The Morgan fingerprint density at radius 1 is 1.40 bits per heavy atom. The molecule has 0 aromatic carbocycles. The van der Waals surface area contributed by atoms with Crippen LogP contribution in [0.15, 0.2) is 12.7 Å². The van der Waals surface area contributed by atoms with E-state index in [0.29, 0.717) is 13.2 Å². The number of hydrogen-bond donors (Lipinski definition) is 2. The molecule has 0 fully saturated rings. The van der Waals surface area contributed by atoms with E-state index >= 15 is 0 Å². The van der Waals surface area contributed by atoms with Gasteiger partial charge in [0, 0.05) is 26.2 Å². The number of methoxy groups -OCH3 is 1. The fourth-order valence-electron chi connectivity index (χ4n) is 1.66. The van der Waals surface area contributed by atoms with Gasteiger partial charge < -0.3 is 20.1 Å². The van der Waals surface area contributed by atoms with Gasteiger partial charge in [-0.05, 0) is 40.0 Å². The molecule has 0 aliphatic rings. The van der Waals surface area contributed by atoms with Gasteiger partial charge in [0.25, 0.3) is 0 Å². The van der Waals surface area contributed by atoms with Crippen LogP contribution in [-0.4, -0.2) is 44.5 Å². The quantitative estimate of drug-likeness (QED) is 0.478. The van der Waals surface area contributed by atoms with Crippen LogP contribution >= 0.6 is 0 Å². The minimum Gasteiger partial charge on any atom is -0.444 e. The molecule has 0 aromatic heterocycles. The summed E-state index contributed by atoms with van der Waals surface area (Å²) in [6.45, 7) is 11.4. The van der Waals surface area contributed by atoms with E-state index < -0.39 is 5.60 Å². The number of carbonyl (C=O) groups excluding carboxylic acids is 1. The minimum atomic E-state index is -0.473. The van der Waals surface area contributed by atoms with Gasteiger partial charge in [-0.2, -0.15) is 0 Å². The predicted octanol–water partition coefficient (Wildman–Crippen LogP) is 2.47. The molecule has 1 atom stereocenters. The zero-order valence-electron chi connectivity index (χ0n) is 13.3. The highest BCUT2D eigenvalue weighted by atomic mass is 16.6. The molecule has 118 valence electrons. The molecule has 0 saturated carbocycles. The number of rotatable bonds is 10. The molecule has 0 rings (SSSR count). The molecule has 2 N–H and O–H groups in total. The Labute approximate surface area is 123 Å². The number of hydrogen-bond acceptors (Lipinski definition) is 4. The van der Waals surface area contributed by atoms with Crippen LogP contribution in [-0.2, 0) is 9.47 Å². The maximum Gasteiger partial charge on any atom is 0.407 e. The SMILES string of the molecule is C=CCCCC(CNCCOC)NC(=O)OC(C)(C)C. The zero-order chi connectivity index (χ0) is 15.4. The normalized spacial score (nSPS) is 12.8. The van der Waals surface area contributed by atoms with Crippen LogP contribution in [0.25, 0.3) is 0 Å². The van der Waals surface area contributed by atoms with Crippen molar-refractivity contribution in [3.05, 3.63) is 12.7 Å². The maximum atomic E-state index is 11.8. The highest BCUT2D eigenvalue weighted by molar-refractivity contribution is 5.68. The Morgan fingerprint density at radius 3 is 2.65 bits per heavy atom. The molecule has 1 unspecified atom stereocenters. The van der Waals surface area contributed by atoms with E-state index in [1.807, 2.05) is 26.8 Å². The van der Waals surface area contributed by atoms with Crippen molar-refractivity contribution in [3.63, 3.8) is 0 Å². The largest absolute Gasteiger partial charge is 0.444 e. The third kappa shape index (κ3) is 12.0. The van der Waals surface area contributed by atoms with Gasteiger partial charge in [0.15, 0.2) is 0 Å². The number of carbonyl (C=O) groups is 1. The van der Waals surface area contributed by atoms with Crippen molar-refractivity contribution >= 4 is 6.09 Å². The molecule has 0 heterocycles. The second-order valence-electron chi connectivity index (χ2n) is 5.76. The van der Waals surface area contributed by atoms with Crippen LogP contribution in [0.1, 0.15) is 40.0 Å². The average Bonchev–Trinajstić information content (AvgIpc) is 2.32. The molecular weight excluding hydrogens is 256 g/mol. The summed E-state index contributed by atoms with van der Waals surface area (Å²) in [5.74, 6) is 0. The summed E-state index contributed by atoms with van der Waals surface area (Å²) in [6, 6.07) is 0.0571. The van der Waals surface area contributed by atoms with E-state index in [4.69, 9.17) is 9.47 Å². The Morgan fingerprint density at radius 2 is 2.10 bits per heavy atom. The van der Waals surface area contributed by atoms with Gasteiger partial charge >= 0.3 is 6.09 Å². The standard InChI is InChI=1S/C15H30N2O3/c1-6-7-8-9-13(12-16-10-11-19-5)17-14(18)20-15(2,3)4/h6,13,16H,1,7-12H2,2-5H3,(H,17,18). The van der Waals surface area contributed by atoms with Gasteiger partial charge in [-0.3, -0.25) is 0 Å². The van der Waals surface area contributed by atoms with Gasteiger partial charge in [-0.25, -0.2) is 4.79 Å². The third-order valence-electron chi connectivity index (χ3n) is 2.56. The number of nitrogens with one attached hydrogen (secondary N) is 2. The van der Waals surface area contributed by atoms with E-state index in [0.717, 1.165) is 25.8 Å². The second kappa shape index (κ2) is 10.7. The third-order valence-corrected chi connectivity index (χ3v) is 2.56. The lowest BCUT2D eigenvalue weighted by Crippen LogP contribution is -2.44. The summed E-state index contributed by atoms with van der Waals surface area (Å²) >= 11 is 0. The van der Waals surface area contributed by atoms with E-state index in [1.165, 1.54) is 0 Å². The van der Waals surface area contributed by atoms with Crippen molar-refractivity contribution in [1.29, 1.82) is 0 Å². The smallest absolute Gasteiger partial charge is 0.407 e. The van der Waals surface area contributed by atoms with Gasteiger partial charge in [0.05, 0.1) is 6.61 Å². The molecule has 0 bridgehead atoms. The topological polar surface area (TPSA) is 59.6 Å². The molecule has 0 aliphatic carbocycles. The fourth-order valence-corrected chi connectivity index (χ4v) is 1.66. The first-order valence-corrected chi connectivity index (χ1v) is 7.19. The van der Waals surface area contributed by atoms with Gasteiger partial charge in [0.1, 0.15) is 5.60 Å². The first-order valence-electron chi connectivity index (χ1n) is 7.19. The molecule has 0 spiro atoms. The van der Waals surface area contributed by atoms with Crippen LogP contribution in [0.5, 0.6) is 0 Å². The molecule has 0 aliphatic heterocycles. The van der Waals surface area contributed by atoms with Crippen LogP contribution in [0.4, 0.5) is 4.79 Å². The van der Waals surface area contributed by atoms with Crippen molar-refractivity contribution < 1.29 is 14.3 Å². The van der Waals surface area contributed by atoms with Gasteiger partial charge in [-0.1, -0.05) is 6.08 Å². The predicted molar refractivity (Wildman–Crippen MR) is 82.0 cm³/mol. The van der Waals surface area contributed by atoms with Crippen LogP contribution < -0.4 is 10.6 Å².